The van der Waals surface area contributed by atoms with Gasteiger partial charge in [-0.15, -0.1) is 0 Å². The fraction of sp³-hybridized carbons (Fsp3) is 0.429. The van der Waals surface area contributed by atoms with E-state index in [1.54, 1.807) is 0 Å². The molecule has 0 aromatic heterocycles. The number of benzene rings is 1. The lowest BCUT2D eigenvalue weighted by Gasteiger charge is -2.17. The SMILES string of the molecule is C=Cc1ccc(COCC(C)(C)C)cc1. The van der Waals surface area contributed by atoms with Gasteiger partial charge in [0, 0.05) is 0 Å². The Morgan fingerprint density at radius 1 is 1.20 bits per heavy atom. The van der Waals surface area contributed by atoms with Crippen molar-refractivity contribution in [2.75, 3.05) is 6.61 Å². The molecule has 1 aromatic carbocycles. The molecule has 0 spiro atoms. The van der Waals surface area contributed by atoms with Gasteiger partial charge in [0.05, 0.1) is 13.2 Å². The predicted octanol–water partition coefficient (Wildman–Crippen LogP) is 3.89. The maximum atomic E-state index is 5.63. The molecule has 0 amide bonds. The van der Waals surface area contributed by atoms with Gasteiger partial charge in [0.15, 0.2) is 0 Å². The minimum Gasteiger partial charge on any atom is -0.376 e. The molecule has 0 bridgehead atoms. The summed E-state index contributed by atoms with van der Waals surface area (Å²) < 4.78 is 5.63. The van der Waals surface area contributed by atoms with E-state index < -0.39 is 0 Å². The summed E-state index contributed by atoms with van der Waals surface area (Å²) >= 11 is 0. The van der Waals surface area contributed by atoms with Gasteiger partial charge in [-0.05, 0) is 16.5 Å². The molecule has 0 aliphatic heterocycles. The summed E-state index contributed by atoms with van der Waals surface area (Å²) in [7, 11) is 0. The van der Waals surface area contributed by atoms with Crippen LogP contribution < -0.4 is 0 Å². The lowest BCUT2D eigenvalue weighted by atomic mass is 9.99. The molecule has 15 heavy (non-hydrogen) atoms. The molecular formula is C14H20O. The molecule has 0 N–H and O–H groups in total. The maximum Gasteiger partial charge on any atom is 0.0717 e. The summed E-state index contributed by atoms with van der Waals surface area (Å²) in [5, 5.41) is 0. The lowest BCUT2D eigenvalue weighted by molar-refractivity contribution is 0.0599. The normalized spacial score (nSPS) is 11.4. The zero-order chi connectivity index (χ0) is 11.3. The highest BCUT2D eigenvalue weighted by atomic mass is 16.5. The first-order valence-corrected chi connectivity index (χ1v) is 5.30. The molecule has 0 heterocycles. The Morgan fingerprint density at radius 2 is 1.80 bits per heavy atom. The molecule has 0 saturated carbocycles. The van der Waals surface area contributed by atoms with Gasteiger partial charge >= 0.3 is 0 Å². The molecular weight excluding hydrogens is 184 g/mol. The van der Waals surface area contributed by atoms with E-state index in [4.69, 9.17) is 4.74 Å². The van der Waals surface area contributed by atoms with Crippen molar-refractivity contribution in [3.05, 3.63) is 42.0 Å². The van der Waals surface area contributed by atoms with E-state index in [9.17, 15) is 0 Å². The summed E-state index contributed by atoms with van der Waals surface area (Å²) in [5.41, 5.74) is 2.60. The largest absolute Gasteiger partial charge is 0.376 e. The van der Waals surface area contributed by atoms with Crippen LogP contribution in [-0.2, 0) is 11.3 Å². The molecule has 0 radical (unpaired) electrons. The highest BCUT2D eigenvalue weighted by Gasteiger charge is 2.09. The smallest absolute Gasteiger partial charge is 0.0717 e. The van der Waals surface area contributed by atoms with Gasteiger partial charge in [0.25, 0.3) is 0 Å². The monoisotopic (exact) mass is 204 g/mol. The Balaban J connectivity index is 2.41. The van der Waals surface area contributed by atoms with Crippen molar-refractivity contribution < 1.29 is 4.74 Å². The second-order valence-electron chi connectivity index (χ2n) is 5.00. The molecule has 0 aliphatic carbocycles. The fourth-order valence-corrected chi connectivity index (χ4v) is 1.23. The standard InChI is InChI=1S/C14H20O/c1-5-12-6-8-13(9-7-12)10-15-11-14(2,3)4/h5-9H,1,10-11H2,2-4H3. The van der Waals surface area contributed by atoms with Crippen molar-refractivity contribution in [1.82, 2.24) is 0 Å². The van der Waals surface area contributed by atoms with Crippen molar-refractivity contribution in [3.63, 3.8) is 0 Å². The fourth-order valence-electron chi connectivity index (χ4n) is 1.23. The molecule has 0 aliphatic rings. The average Bonchev–Trinajstić information content (AvgIpc) is 2.17. The van der Waals surface area contributed by atoms with Crippen molar-refractivity contribution in [3.8, 4) is 0 Å². The van der Waals surface area contributed by atoms with E-state index >= 15 is 0 Å². The quantitative estimate of drug-likeness (QED) is 0.723. The van der Waals surface area contributed by atoms with Crippen molar-refractivity contribution >= 4 is 6.08 Å². The first-order chi connectivity index (χ1) is 7.01. The van der Waals surface area contributed by atoms with Crippen LogP contribution >= 0.6 is 0 Å². The molecule has 0 unspecified atom stereocenters. The highest BCUT2D eigenvalue weighted by molar-refractivity contribution is 5.47. The number of hydrogen-bond acceptors (Lipinski definition) is 1. The summed E-state index contributed by atoms with van der Waals surface area (Å²) in [4.78, 5) is 0. The van der Waals surface area contributed by atoms with Crippen molar-refractivity contribution in [2.45, 2.75) is 27.4 Å². The first kappa shape index (κ1) is 12.0. The Bertz CT molecular complexity index is 303. The molecule has 0 fully saturated rings. The number of rotatable bonds is 4. The third kappa shape index (κ3) is 4.80. The zero-order valence-electron chi connectivity index (χ0n) is 9.92. The molecule has 1 aromatic rings. The first-order valence-electron chi connectivity index (χ1n) is 5.30. The van der Waals surface area contributed by atoms with Crippen LogP contribution in [-0.4, -0.2) is 6.61 Å². The number of hydrogen-bond donors (Lipinski definition) is 0. The van der Waals surface area contributed by atoms with Gasteiger partial charge < -0.3 is 4.74 Å². The van der Waals surface area contributed by atoms with Gasteiger partial charge in [-0.1, -0.05) is 57.7 Å². The Kier molecular flexibility index (Phi) is 4.10. The minimum atomic E-state index is 0.237. The topological polar surface area (TPSA) is 9.23 Å². The van der Waals surface area contributed by atoms with Crippen LogP contribution in [0.5, 0.6) is 0 Å². The maximum absolute atomic E-state index is 5.63. The third-order valence-corrected chi connectivity index (χ3v) is 2.02. The molecule has 1 nitrogen and oxygen atoms in total. The van der Waals surface area contributed by atoms with Crippen molar-refractivity contribution in [2.24, 2.45) is 5.41 Å². The van der Waals surface area contributed by atoms with Gasteiger partial charge in [0.2, 0.25) is 0 Å². The predicted molar refractivity (Wildman–Crippen MR) is 65.6 cm³/mol. The Hall–Kier alpha value is -1.08. The third-order valence-electron chi connectivity index (χ3n) is 2.02. The van der Waals surface area contributed by atoms with Crippen LogP contribution in [0.15, 0.2) is 30.8 Å². The molecule has 1 heteroatoms. The zero-order valence-corrected chi connectivity index (χ0v) is 9.92. The minimum absolute atomic E-state index is 0.237. The summed E-state index contributed by atoms with van der Waals surface area (Å²) in [6.07, 6.45) is 1.85. The average molecular weight is 204 g/mol. The second-order valence-corrected chi connectivity index (χ2v) is 5.00. The highest BCUT2D eigenvalue weighted by Crippen LogP contribution is 2.14. The Morgan fingerprint density at radius 3 is 2.27 bits per heavy atom. The Labute approximate surface area is 92.8 Å². The van der Waals surface area contributed by atoms with E-state index in [0.29, 0.717) is 6.61 Å². The van der Waals surface area contributed by atoms with E-state index in [-0.39, 0.29) is 5.41 Å². The van der Waals surface area contributed by atoms with Crippen LogP contribution in [0.3, 0.4) is 0 Å². The van der Waals surface area contributed by atoms with Gasteiger partial charge in [0.1, 0.15) is 0 Å². The van der Waals surface area contributed by atoms with Gasteiger partial charge in [-0.2, -0.15) is 0 Å². The second kappa shape index (κ2) is 5.13. The van der Waals surface area contributed by atoms with Crippen LogP contribution in [0.2, 0.25) is 0 Å². The van der Waals surface area contributed by atoms with Crippen LogP contribution in [0, 0.1) is 5.41 Å². The molecule has 0 saturated heterocycles. The van der Waals surface area contributed by atoms with Gasteiger partial charge in [-0.25, -0.2) is 0 Å². The van der Waals surface area contributed by atoms with Crippen LogP contribution in [0.1, 0.15) is 31.9 Å². The van der Waals surface area contributed by atoms with E-state index in [1.165, 1.54) is 5.56 Å². The van der Waals surface area contributed by atoms with Crippen molar-refractivity contribution in [1.29, 1.82) is 0 Å². The van der Waals surface area contributed by atoms with E-state index in [0.717, 1.165) is 12.2 Å². The van der Waals surface area contributed by atoms with Gasteiger partial charge in [-0.3, -0.25) is 0 Å². The van der Waals surface area contributed by atoms with Crippen LogP contribution in [0.25, 0.3) is 6.08 Å². The van der Waals surface area contributed by atoms with E-state index in [1.807, 2.05) is 6.08 Å². The number of ether oxygens (including phenoxy) is 1. The molecule has 82 valence electrons. The summed E-state index contributed by atoms with van der Waals surface area (Å²) in [6.45, 7) is 11.7. The van der Waals surface area contributed by atoms with E-state index in [2.05, 4.69) is 51.6 Å². The lowest BCUT2D eigenvalue weighted by Crippen LogP contribution is -2.14. The molecule has 0 atom stereocenters. The van der Waals surface area contributed by atoms with Crippen LogP contribution in [0.4, 0.5) is 0 Å². The molecule has 1 rings (SSSR count). The summed E-state index contributed by atoms with van der Waals surface area (Å²) in [6, 6.07) is 8.28. The summed E-state index contributed by atoms with van der Waals surface area (Å²) in [5.74, 6) is 0.